The van der Waals surface area contributed by atoms with Gasteiger partial charge in [0.15, 0.2) is 0 Å². The maximum absolute atomic E-state index is 12.9. The summed E-state index contributed by atoms with van der Waals surface area (Å²) in [6, 6.07) is 5.67. The third-order valence-electron chi connectivity index (χ3n) is 3.16. The minimum absolute atomic E-state index is 0.187. The zero-order valence-corrected chi connectivity index (χ0v) is 11.2. The molecule has 1 heterocycles. The standard InChI is InChI=1S/C13H13FN2O2S/c1-8-12(9-2-4-10(14)5-3-9)19(17,18)16-13(8)15-11-6-7-11/h2-5,11H,6-7H2,1H3,(H,15,16). The minimum Gasteiger partial charge on any atom is -0.264 e. The quantitative estimate of drug-likeness (QED) is 0.901. The number of amidine groups is 1. The van der Waals surface area contributed by atoms with Gasteiger partial charge in [0.25, 0.3) is 10.0 Å². The maximum Gasteiger partial charge on any atom is 0.264 e. The molecule has 0 bridgehead atoms. The second kappa shape index (κ2) is 4.16. The van der Waals surface area contributed by atoms with Crippen LogP contribution in [0, 0.1) is 5.82 Å². The Bertz CT molecular complexity index is 686. The Morgan fingerprint density at radius 1 is 1.26 bits per heavy atom. The molecule has 0 radical (unpaired) electrons. The number of sulfonamides is 1. The van der Waals surface area contributed by atoms with Crippen LogP contribution in [0.1, 0.15) is 25.3 Å². The van der Waals surface area contributed by atoms with E-state index in [1.807, 2.05) is 0 Å². The molecule has 0 saturated heterocycles. The lowest BCUT2D eigenvalue weighted by Gasteiger charge is -2.02. The van der Waals surface area contributed by atoms with Crippen molar-refractivity contribution in [3.8, 4) is 0 Å². The van der Waals surface area contributed by atoms with Gasteiger partial charge in [0.2, 0.25) is 0 Å². The van der Waals surface area contributed by atoms with Gasteiger partial charge in [0.1, 0.15) is 16.6 Å². The van der Waals surface area contributed by atoms with E-state index in [0.29, 0.717) is 17.0 Å². The van der Waals surface area contributed by atoms with Crippen LogP contribution in [0.2, 0.25) is 0 Å². The highest BCUT2D eigenvalue weighted by molar-refractivity contribution is 8.00. The van der Waals surface area contributed by atoms with Gasteiger partial charge >= 0.3 is 0 Å². The molecule has 0 aromatic heterocycles. The highest BCUT2D eigenvalue weighted by Gasteiger charge is 2.34. The summed E-state index contributed by atoms with van der Waals surface area (Å²) in [6.07, 6.45) is 2.01. The van der Waals surface area contributed by atoms with Crippen molar-refractivity contribution in [3.63, 3.8) is 0 Å². The van der Waals surface area contributed by atoms with Crippen molar-refractivity contribution in [2.45, 2.75) is 25.8 Å². The number of nitrogens with zero attached hydrogens (tertiary/aromatic N) is 1. The summed E-state index contributed by atoms with van der Waals surface area (Å²) in [5.41, 5.74) is 1.07. The van der Waals surface area contributed by atoms with Gasteiger partial charge in [-0.05, 0) is 37.5 Å². The van der Waals surface area contributed by atoms with Crippen molar-refractivity contribution in [2.75, 3.05) is 0 Å². The van der Waals surface area contributed by atoms with Gasteiger partial charge in [-0.2, -0.15) is 0 Å². The first-order valence-corrected chi connectivity index (χ1v) is 7.53. The second-order valence-electron chi connectivity index (χ2n) is 4.78. The first kappa shape index (κ1) is 12.3. The molecule has 2 aliphatic rings. The van der Waals surface area contributed by atoms with Crippen molar-refractivity contribution >= 4 is 20.8 Å². The SMILES string of the molecule is CC1=C(c2ccc(F)cc2)S(=O)(=O)NC1=NC1CC1. The van der Waals surface area contributed by atoms with Crippen LogP contribution in [-0.2, 0) is 10.0 Å². The average Bonchev–Trinajstić information content (AvgIpc) is 3.10. The summed E-state index contributed by atoms with van der Waals surface area (Å²) in [5.74, 6) is 0.0269. The van der Waals surface area contributed by atoms with E-state index in [1.54, 1.807) is 6.92 Å². The van der Waals surface area contributed by atoms with Gasteiger partial charge in [0, 0.05) is 5.57 Å². The zero-order valence-electron chi connectivity index (χ0n) is 10.4. The van der Waals surface area contributed by atoms with E-state index < -0.39 is 15.8 Å². The number of benzene rings is 1. The molecule has 3 rings (SSSR count). The van der Waals surface area contributed by atoms with Crippen LogP contribution in [0.15, 0.2) is 34.8 Å². The molecule has 100 valence electrons. The van der Waals surface area contributed by atoms with Gasteiger partial charge in [-0.3, -0.25) is 9.71 Å². The van der Waals surface area contributed by atoms with E-state index in [-0.39, 0.29) is 10.9 Å². The van der Waals surface area contributed by atoms with Gasteiger partial charge in [-0.1, -0.05) is 12.1 Å². The fourth-order valence-corrected chi connectivity index (χ4v) is 3.55. The molecular weight excluding hydrogens is 267 g/mol. The predicted octanol–water partition coefficient (Wildman–Crippen LogP) is 2.05. The minimum atomic E-state index is -3.59. The van der Waals surface area contributed by atoms with Crippen LogP contribution in [0.3, 0.4) is 0 Å². The summed E-state index contributed by atoms with van der Waals surface area (Å²) in [4.78, 5) is 4.54. The number of hydrogen-bond acceptors (Lipinski definition) is 3. The molecule has 19 heavy (non-hydrogen) atoms. The summed E-state index contributed by atoms with van der Waals surface area (Å²) >= 11 is 0. The topological polar surface area (TPSA) is 58.5 Å². The van der Waals surface area contributed by atoms with E-state index in [2.05, 4.69) is 9.71 Å². The Hall–Kier alpha value is -1.69. The van der Waals surface area contributed by atoms with Crippen LogP contribution >= 0.6 is 0 Å². The zero-order chi connectivity index (χ0) is 13.6. The number of aliphatic imine (C=N–C) groups is 1. The van der Waals surface area contributed by atoms with Crippen LogP contribution in [0.4, 0.5) is 4.39 Å². The molecule has 0 unspecified atom stereocenters. The molecule has 4 nitrogen and oxygen atoms in total. The van der Waals surface area contributed by atoms with Crippen LogP contribution in [-0.4, -0.2) is 20.3 Å². The lowest BCUT2D eigenvalue weighted by Crippen LogP contribution is -2.23. The Morgan fingerprint density at radius 2 is 1.89 bits per heavy atom. The van der Waals surface area contributed by atoms with Crippen molar-refractivity contribution in [1.82, 2.24) is 4.72 Å². The Kier molecular flexibility index (Phi) is 2.70. The summed E-state index contributed by atoms with van der Waals surface area (Å²) < 4.78 is 39.6. The Balaban J connectivity index is 2.10. The lowest BCUT2D eigenvalue weighted by atomic mass is 10.1. The number of nitrogens with one attached hydrogen (secondary N) is 1. The van der Waals surface area contributed by atoms with Crippen LogP contribution in [0.25, 0.3) is 4.91 Å². The van der Waals surface area contributed by atoms with E-state index >= 15 is 0 Å². The molecule has 1 aromatic rings. The van der Waals surface area contributed by atoms with E-state index in [0.717, 1.165) is 12.8 Å². The van der Waals surface area contributed by atoms with Crippen molar-refractivity contribution in [2.24, 2.45) is 4.99 Å². The highest BCUT2D eigenvalue weighted by Crippen LogP contribution is 2.32. The maximum atomic E-state index is 12.9. The van der Waals surface area contributed by atoms with Crippen LogP contribution < -0.4 is 4.72 Å². The largest absolute Gasteiger partial charge is 0.264 e. The van der Waals surface area contributed by atoms with E-state index in [9.17, 15) is 12.8 Å². The summed E-state index contributed by atoms with van der Waals surface area (Å²) in [7, 11) is -3.59. The van der Waals surface area contributed by atoms with Gasteiger partial charge in [-0.25, -0.2) is 12.8 Å². The molecular formula is C13H13FN2O2S. The van der Waals surface area contributed by atoms with Crippen molar-refractivity contribution in [3.05, 3.63) is 41.2 Å². The smallest absolute Gasteiger partial charge is 0.264 e. The fourth-order valence-electron chi connectivity index (χ4n) is 2.05. The van der Waals surface area contributed by atoms with Crippen LogP contribution in [0.5, 0.6) is 0 Å². The number of halogens is 1. The van der Waals surface area contributed by atoms with Gasteiger partial charge < -0.3 is 0 Å². The van der Waals surface area contributed by atoms with Crippen molar-refractivity contribution in [1.29, 1.82) is 0 Å². The molecule has 1 fully saturated rings. The fraction of sp³-hybridized carbons (Fsp3) is 0.308. The predicted molar refractivity (Wildman–Crippen MR) is 71.5 cm³/mol. The third kappa shape index (κ3) is 2.28. The number of hydrogen-bond donors (Lipinski definition) is 1. The third-order valence-corrected chi connectivity index (χ3v) is 4.70. The summed E-state index contributed by atoms with van der Waals surface area (Å²) in [6.45, 7) is 1.72. The molecule has 1 aliphatic heterocycles. The molecule has 1 aliphatic carbocycles. The second-order valence-corrected chi connectivity index (χ2v) is 6.39. The van der Waals surface area contributed by atoms with E-state index in [1.165, 1.54) is 24.3 Å². The lowest BCUT2D eigenvalue weighted by molar-refractivity contribution is 0.603. The number of rotatable bonds is 2. The molecule has 6 heteroatoms. The summed E-state index contributed by atoms with van der Waals surface area (Å²) in [5, 5.41) is 0. The Labute approximate surface area is 111 Å². The first-order chi connectivity index (χ1) is 8.97. The monoisotopic (exact) mass is 280 g/mol. The first-order valence-electron chi connectivity index (χ1n) is 6.05. The molecule has 0 spiro atoms. The average molecular weight is 280 g/mol. The molecule has 1 aromatic carbocycles. The van der Waals surface area contributed by atoms with Gasteiger partial charge in [-0.15, -0.1) is 0 Å². The van der Waals surface area contributed by atoms with E-state index in [4.69, 9.17) is 0 Å². The molecule has 1 saturated carbocycles. The Morgan fingerprint density at radius 3 is 2.47 bits per heavy atom. The molecule has 0 amide bonds. The normalized spacial score (nSPS) is 23.8. The molecule has 0 atom stereocenters. The van der Waals surface area contributed by atoms with Gasteiger partial charge in [0.05, 0.1) is 6.04 Å². The van der Waals surface area contributed by atoms with Crippen molar-refractivity contribution < 1.29 is 12.8 Å². The molecule has 1 N–H and O–H groups in total. The highest BCUT2D eigenvalue weighted by atomic mass is 32.2.